The van der Waals surface area contributed by atoms with Crippen molar-refractivity contribution in [3.63, 3.8) is 0 Å². The number of amides is 1. The van der Waals surface area contributed by atoms with E-state index >= 15 is 0 Å². The zero-order valence-electron chi connectivity index (χ0n) is 14.1. The molecule has 0 fully saturated rings. The van der Waals surface area contributed by atoms with Gasteiger partial charge in [0.05, 0.1) is 4.90 Å². The molecule has 0 unspecified atom stereocenters. The molecule has 0 saturated heterocycles. The van der Waals surface area contributed by atoms with Crippen LogP contribution in [0.2, 0.25) is 0 Å². The van der Waals surface area contributed by atoms with Crippen molar-refractivity contribution >= 4 is 21.6 Å². The first-order valence-electron chi connectivity index (χ1n) is 8.39. The summed E-state index contributed by atoms with van der Waals surface area (Å²) in [6.07, 6.45) is 6.77. The minimum Gasteiger partial charge on any atom is -0.326 e. The molecule has 0 aromatic heterocycles. The standard InChI is InChI=1S/C17H28N2O3S/c1-3-5-6-7-8-9-17(20)19-15-10-12-16(13-11-15)23(21,22)18-14-4-2/h10-13,18H,3-9,14H2,1-2H3,(H,19,20). The Bertz CT molecular complexity index is 568. The number of carbonyl (C=O) groups excluding carboxylic acids is 1. The predicted octanol–water partition coefficient (Wildman–Crippen LogP) is 3.67. The van der Waals surface area contributed by atoms with Crippen molar-refractivity contribution in [2.75, 3.05) is 11.9 Å². The quantitative estimate of drug-likeness (QED) is 0.603. The van der Waals surface area contributed by atoms with Gasteiger partial charge in [-0.05, 0) is 37.1 Å². The highest BCUT2D eigenvalue weighted by atomic mass is 32.2. The normalized spacial score (nSPS) is 11.4. The van der Waals surface area contributed by atoms with Crippen molar-refractivity contribution in [3.8, 4) is 0 Å². The van der Waals surface area contributed by atoms with E-state index in [2.05, 4.69) is 17.0 Å². The van der Waals surface area contributed by atoms with E-state index in [1.807, 2.05) is 6.92 Å². The second-order valence-electron chi connectivity index (χ2n) is 5.63. The van der Waals surface area contributed by atoms with Gasteiger partial charge in [-0.3, -0.25) is 4.79 Å². The summed E-state index contributed by atoms with van der Waals surface area (Å²) < 4.78 is 26.4. The van der Waals surface area contributed by atoms with Gasteiger partial charge < -0.3 is 5.32 Å². The average molecular weight is 340 g/mol. The molecule has 0 atom stereocenters. The van der Waals surface area contributed by atoms with Gasteiger partial charge in [0.1, 0.15) is 0 Å². The lowest BCUT2D eigenvalue weighted by atomic mass is 10.1. The smallest absolute Gasteiger partial charge is 0.240 e. The van der Waals surface area contributed by atoms with Crippen molar-refractivity contribution in [2.24, 2.45) is 0 Å². The summed E-state index contributed by atoms with van der Waals surface area (Å²) in [5, 5.41) is 2.80. The molecule has 0 aliphatic carbocycles. The van der Waals surface area contributed by atoms with Crippen LogP contribution >= 0.6 is 0 Å². The van der Waals surface area contributed by atoms with E-state index in [9.17, 15) is 13.2 Å². The van der Waals surface area contributed by atoms with Crippen LogP contribution in [0.15, 0.2) is 29.2 Å². The topological polar surface area (TPSA) is 75.3 Å². The fraction of sp³-hybridized carbons (Fsp3) is 0.588. The van der Waals surface area contributed by atoms with Gasteiger partial charge in [0.2, 0.25) is 15.9 Å². The molecule has 1 aromatic carbocycles. The third-order valence-corrected chi connectivity index (χ3v) is 4.97. The third-order valence-electron chi connectivity index (χ3n) is 3.50. The number of anilines is 1. The van der Waals surface area contributed by atoms with E-state index in [1.54, 1.807) is 12.1 Å². The first kappa shape index (κ1) is 19.6. The van der Waals surface area contributed by atoms with Gasteiger partial charge in [-0.1, -0.05) is 39.5 Å². The molecule has 0 bridgehead atoms. The van der Waals surface area contributed by atoms with E-state index < -0.39 is 10.0 Å². The first-order valence-corrected chi connectivity index (χ1v) is 9.87. The van der Waals surface area contributed by atoms with Crippen LogP contribution in [0, 0.1) is 0 Å². The molecule has 2 N–H and O–H groups in total. The van der Waals surface area contributed by atoms with E-state index in [0.717, 1.165) is 19.3 Å². The molecule has 1 rings (SSSR count). The van der Waals surface area contributed by atoms with E-state index in [4.69, 9.17) is 0 Å². The zero-order chi connectivity index (χ0) is 17.1. The number of hydrogen-bond acceptors (Lipinski definition) is 3. The van der Waals surface area contributed by atoms with Gasteiger partial charge in [0.25, 0.3) is 0 Å². The lowest BCUT2D eigenvalue weighted by Gasteiger charge is -2.08. The van der Waals surface area contributed by atoms with Crippen molar-refractivity contribution in [3.05, 3.63) is 24.3 Å². The van der Waals surface area contributed by atoms with E-state index in [-0.39, 0.29) is 10.8 Å². The average Bonchev–Trinajstić information content (AvgIpc) is 2.53. The first-order chi connectivity index (χ1) is 11.0. The highest BCUT2D eigenvalue weighted by Crippen LogP contribution is 2.15. The molecule has 5 nitrogen and oxygen atoms in total. The zero-order valence-corrected chi connectivity index (χ0v) is 14.9. The predicted molar refractivity (Wildman–Crippen MR) is 93.9 cm³/mol. The van der Waals surface area contributed by atoms with E-state index in [1.165, 1.54) is 31.4 Å². The van der Waals surface area contributed by atoms with Gasteiger partial charge in [-0.2, -0.15) is 0 Å². The van der Waals surface area contributed by atoms with Gasteiger partial charge in [-0.15, -0.1) is 0 Å². The summed E-state index contributed by atoms with van der Waals surface area (Å²) in [4.78, 5) is 12.0. The largest absolute Gasteiger partial charge is 0.326 e. The van der Waals surface area contributed by atoms with Gasteiger partial charge in [0.15, 0.2) is 0 Å². The Kier molecular flexibility index (Phi) is 8.87. The lowest BCUT2D eigenvalue weighted by molar-refractivity contribution is -0.116. The summed E-state index contributed by atoms with van der Waals surface area (Å²) in [6, 6.07) is 6.26. The summed E-state index contributed by atoms with van der Waals surface area (Å²) >= 11 is 0. The van der Waals surface area contributed by atoms with Crippen LogP contribution in [0.3, 0.4) is 0 Å². The fourth-order valence-corrected chi connectivity index (χ4v) is 3.28. The van der Waals surface area contributed by atoms with Crippen LogP contribution in [0.1, 0.15) is 58.8 Å². The molecule has 1 aromatic rings. The van der Waals surface area contributed by atoms with Gasteiger partial charge in [-0.25, -0.2) is 13.1 Å². The number of benzene rings is 1. The van der Waals surface area contributed by atoms with E-state index in [0.29, 0.717) is 18.7 Å². The van der Waals surface area contributed by atoms with Crippen molar-refractivity contribution in [1.29, 1.82) is 0 Å². The summed E-state index contributed by atoms with van der Waals surface area (Å²) in [5.74, 6) is -0.0267. The molecular formula is C17H28N2O3S. The summed E-state index contributed by atoms with van der Waals surface area (Å²) in [6.45, 7) is 4.48. The van der Waals surface area contributed by atoms with Gasteiger partial charge in [0, 0.05) is 18.7 Å². The Morgan fingerprint density at radius 2 is 1.61 bits per heavy atom. The molecule has 130 valence electrons. The Hall–Kier alpha value is -1.40. The maximum Gasteiger partial charge on any atom is 0.240 e. The Labute approximate surface area is 139 Å². The molecular weight excluding hydrogens is 312 g/mol. The molecule has 1 amide bonds. The molecule has 23 heavy (non-hydrogen) atoms. The van der Waals surface area contributed by atoms with Crippen molar-refractivity contribution < 1.29 is 13.2 Å². The molecule has 6 heteroatoms. The minimum atomic E-state index is -3.45. The van der Waals surface area contributed by atoms with Crippen molar-refractivity contribution in [2.45, 2.75) is 63.7 Å². The molecule has 0 aliphatic rings. The monoisotopic (exact) mass is 340 g/mol. The molecule has 0 radical (unpaired) electrons. The van der Waals surface area contributed by atoms with Crippen LogP contribution in [0.5, 0.6) is 0 Å². The minimum absolute atomic E-state index is 0.0267. The van der Waals surface area contributed by atoms with Crippen molar-refractivity contribution in [1.82, 2.24) is 4.72 Å². The second kappa shape index (κ2) is 10.4. The number of sulfonamides is 1. The maximum absolute atomic E-state index is 12.0. The fourth-order valence-electron chi connectivity index (χ4n) is 2.15. The Balaban J connectivity index is 2.46. The van der Waals surface area contributed by atoms with Crippen LogP contribution in [-0.2, 0) is 14.8 Å². The van der Waals surface area contributed by atoms with Crippen LogP contribution in [-0.4, -0.2) is 20.9 Å². The number of rotatable bonds is 11. The van der Waals surface area contributed by atoms with Crippen LogP contribution in [0.25, 0.3) is 0 Å². The summed E-state index contributed by atoms with van der Waals surface area (Å²) in [7, 11) is -3.45. The Morgan fingerprint density at radius 1 is 0.957 bits per heavy atom. The molecule has 0 spiro atoms. The summed E-state index contributed by atoms with van der Waals surface area (Å²) in [5.41, 5.74) is 0.623. The molecule has 0 saturated carbocycles. The third kappa shape index (κ3) is 7.61. The second-order valence-corrected chi connectivity index (χ2v) is 7.40. The number of carbonyl (C=O) groups is 1. The van der Waals surface area contributed by atoms with Gasteiger partial charge >= 0.3 is 0 Å². The lowest BCUT2D eigenvalue weighted by Crippen LogP contribution is -2.24. The SMILES string of the molecule is CCCCCCCC(=O)Nc1ccc(S(=O)(=O)NCCC)cc1. The Morgan fingerprint density at radius 3 is 2.22 bits per heavy atom. The highest BCUT2D eigenvalue weighted by Gasteiger charge is 2.12. The highest BCUT2D eigenvalue weighted by molar-refractivity contribution is 7.89. The van der Waals surface area contributed by atoms with Crippen LogP contribution in [0.4, 0.5) is 5.69 Å². The molecule has 0 aliphatic heterocycles. The number of nitrogens with one attached hydrogen (secondary N) is 2. The maximum atomic E-state index is 12.0. The number of unbranched alkanes of at least 4 members (excludes halogenated alkanes) is 4. The van der Waals surface area contributed by atoms with Crippen LogP contribution < -0.4 is 10.0 Å². The molecule has 0 heterocycles. The number of hydrogen-bond donors (Lipinski definition) is 2.